The number of ether oxygens (including phenoxy) is 2. The van der Waals surface area contributed by atoms with Crippen LogP contribution in [0.4, 0.5) is 10.1 Å². The lowest BCUT2D eigenvalue weighted by Gasteiger charge is -2.19. The van der Waals surface area contributed by atoms with Crippen molar-refractivity contribution in [3.05, 3.63) is 87.9 Å². The molecule has 0 saturated heterocycles. The maximum absolute atomic E-state index is 15.3. The van der Waals surface area contributed by atoms with Crippen LogP contribution in [-0.4, -0.2) is 31.2 Å². The Kier molecular flexibility index (Phi) is 11.1. The molecule has 3 aromatic rings. The van der Waals surface area contributed by atoms with Crippen molar-refractivity contribution in [3.63, 3.8) is 0 Å². The van der Waals surface area contributed by atoms with E-state index in [0.29, 0.717) is 41.5 Å². The first-order valence-corrected chi connectivity index (χ1v) is 13.9. The largest absolute Gasteiger partial charge is 0.463 e. The fourth-order valence-corrected chi connectivity index (χ4v) is 4.41. The molecule has 6 nitrogen and oxygen atoms in total. The van der Waals surface area contributed by atoms with Gasteiger partial charge < -0.3 is 20.5 Å². The minimum Gasteiger partial charge on any atom is -0.463 e. The third-order valence-corrected chi connectivity index (χ3v) is 6.98. The first-order valence-electron chi connectivity index (χ1n) is 13.1. The van der Waals surface area contributed by atoms with E-state index in [1.165, 1.54) is 6.92 Å². The van der Waals surface area contributed by atoms with Crippen LogP contribution in [0, 0.1) is 0 Å². The van der Waals surface area contributed by atoms with Gasteiger partial charge in [0.15, 0.2) is 0 Å². The summed E-state index contributed by atoms with van der Waals surface area (Å²) < 4.78 is 26.5. The lowest BCUT2D eigenvalue weighted by atomic mass is 9.95. The molecule has 0 aromatic heterocycles. The van der Waals surface area contributed by atoms with Crippen LogP contribution in [0.25, 0.3) is 11.1 Å². The summed E-state index contributed by atoms with van der Waals surface area (Å²) in [6.45, 7) is 6.13. The van der Waals surface area contributed by atoms with Gasteiger partial charge in [0.2, 0.25) is 5.67 Å². The third kappa shape index (κ3) is 8.63. The van der Waals surface area contributed by atoms with Crippen LogP contribution in [0.3, 0.4) is 0 Å². The van der Waals surface area contributed by atoms with E-state index in [1.807, 2.05) is 44.2 Å². The van der Waals surface area contributed by atoms with Gasteiger partial charge in [-0.1, -0.05) is 68.4 Å². The van der Waals surface area contributed by atoms with Crippen LogP contribution < -0.4 is 11.1 Å². The molecule has 1 unspecified atom stereocenters. The van der Waals surface area contributed by atoms with Crippen LogP contribution in [0.1, 0.15) is 61.5 Å². The number of esters is 2. The second-order valence-electron chi connectivity index (χ2n) is 9.85. The number of alkyl halides is 1. The first-order chi connectivity index (χ1) is 18.6. The second-order valence-corrected chi connectivity index (χ2v) is 10.7. The Labute approximate surface area is 238 Å². The number of hydrogen-bond donors (Lipinski definition) is 2. The van der Waals surface area contributed by atoms with Crippen molar-refractivity contribution in [2.24, 2.45) is 0 Å². The first kappa shape index (κ1) is 30.3. The molecule has 0 amide bonds. The molecule has 3 N–H and O–H groups in total. The van der Waals surface area contributed by atoms with Gasteiger partial charge in [-0.05, 0) is 70.9 Å². The van der Waals surface area contributed by atoms with E-state index in [4.69, 9.17) is 15.2 Å². The molecule has 0 aliphatic heterocycles. The van der Waals surface area contributed by atoms with Crippen LogP contribution in [0.15, 0.2) is 71.2 Å². The third-order valence-electron chi connectivity index (χ3n) is 6.32. The average Bonchev–Trinajstić information content (AvgIpc) is 2.93. The molecule has 3 aromatic carbocycles. The summed E-state index contributed by atoms with van der Waals surface area (Å²) in [6, 6.07) is 20.2. The molecule has 3 rings (SSSR count). The number of benzene rings is 3. The van der Waals surface area contributed by atoms with Crippen molar-refractivity contribution < 1.29 is 23.5 Å². The van der Waals surface area contributed by atoms with Gasteiger partial charge >= 0.3 is 11.9 Å². The van der Waals surface area contributed by atoms with E-state index >= 15 is 4.39 Å². The summed E-state index contributed by atoms with van der Waals surface area (Å²) in [5.74, 6) is -1.35. The number of carbonyl (C=O) groups excluding carboxylic acids is 2. The van der Waals surface area contributed by atoms with Crippen molar-refractivity contribution in [2.75, 3.05) is 18.9 Å². The second kappa shape index (κ2) is 14.2. The SMILES string of the molecule is CC(C)NCc1cc(C(=O)OCCCCCOC(=O)C(C)(F)c2ccc(-c3ccccc3)cc2)cc(Br)c1N. The molecule has 0 fully saturated rings. The number of nitrogen functional groups attached to an aromatic ring is 1. The van der Waals surface area contributed by atoms with Gasteiger partial charge in [-0.25, -0.2) is 14.0 Å². The van der Waals surface area contributed by atoms with Crippen molar-refractivity contribution >= 4 is 33.6 Å². The zero-order valence-corrected chi connectivity index (χ0v) is 24.2. The van der Waals surface area contributed by atoms with Crippen molar-refractivity contribution in [2.45, 2.75) is 58.3 Å². The molecule has 0 saturated carbocycles. The van der Waals surface area contributed by atoms with Gasteiger partial charge in [0.05, 0.1) is 24.5 Å². The molecule has 8 heteroatoms. The van der Waals surface area contributed by atoms with Crippen LogP contribution in [-0.2, 0) is 26.5 Å². The molecule has 1 atom stereocenters. The smallest absolute Gasteiger partial charge is 0.348 e. The summed E-state index contributed by atoms with van der Waals surface area (Å²) in [5.41, 5.74) is 7.90. The highest BCUT2D eigenvalue weighted by Crippen LogP contribution is 2.30. The number of halogens is 2. The molecule has 0 aliphatic rings. The number of anilines is 1. The predicted octanol–water partition coefficient (Wildman–Crippen LogP) is 6.95. The lowest BCUT2D eigenvalue weighted by Crippen LogP contribution is -2.30. The number of rotatable bonds is 13. The van der Waals surface area contributed by atoms with E-state index in [0.717, 1.165) is 16.7 Å². The maximum atomic E-state index is 15.3. The van der Waals surface area contributed by atoms with Gasteiger partial charge in [0.25, 0.3) is 0 Å². The average molecular weight is 600 g/mol. The predicted molar refractivity (Wildman–Crippen MR) is 156 cm³/mol. The van der Waals surface area contributed by atoms with Crippen molar-refractivity contribution in [1.29, 1.82) is 0 Å². The van der Waals surface area contributed by atoms with E-state index in [2.05, 4.69) is 21.2 Å². The summed E-state index contributed by atoms with van der Waals surface area (Å²) in [5, 5.41) is 3.29. The van der Waals surface area contributed by atoms with E-state index in [1.54, 1.807) is 36.4 Å². The molecule has 0 heterocycles. The minimum absolute atomic E-state index is 0.0888. The number of nitrogens with two attached hydrogens (primary N) is 1. The Bertz CT molecular complexity index is 1250. The lowest BCUT2D eigenvalue weighted by molar-refractivity contribution is -0.157. The highest BCUT2D eigenvalue weighted by Gasteiger charge is 2.36. The molecule has 39 heavy (non-hydrogen) atoms. The monoisotopic (exact) mass is 598 g/mol. The molecule has 0 spiro atoms. The van der Waals surface area contributed by atoms with Crippen LogP contribution in [0.5, 0.6) is 0 Å². The maximum Gasteiger partial charge on any atom is 0.348 e. The van der Waals surface area contributed by atoms with Gasteiger partial charge in [-0.2, -0.15) is 0 Å². The fraction of sp³-hybridized carbons (Fsp3) is 0.355. The zero-order chi connectivity index (χ0) is 28.4. The fourth-order valence-electron chi connectivity index (χ4n) is 3.91. The van der Waals surface area contributed by atoms with E-state index in [9.17, 15) is 9.59 Å². The minimum atomic E-state index is -2.25. The van der Waals surface area contributed by atoms with E-state index in [-0.39, 0.29) is 24.8 Å². The summed E-state index contributed by atoms with van der Waals surface area (Å²) in [4.78, 5) is 24.9. The normalized spacial score (nSPS) is 12.7. The molecule has 0 radical (unpaired) electrons. The summed E-state index contributed by atoms with van der Waals surface area (Å²) in [6.07, 6.45) is 1.78. The molecular formula is C31H36BrFN2O4. The Hall–Kier alpha value is -3.23. The van der Waals surface area contributed by atoms with Gasteiger partial charge in [-0.3, -0.25) is 0 Å². The zero-order valence-electron chi connectivity index (χ0n) is 22.6. The quantitative estimate of drug-likeness (QED) is 0.126. The standard InChI is InChI=1S/C31H36BrFN2O4/c1-21(2)35-20-25-18-24(19-27(32)28(25)34)29(36)38-16-8-5-9-17-39-30(37)31(3,33)26-14-12-23(13-15-26)22-10-6-4-7-11-22/h4,6-7,10-15,18-19,21,35H,5,8-9,16-17,20,34H2,1-3H3. The topological polar surface area (TPSA) is 90.6 Å². The Balaban J connectivity index is 1.39. The highest BCUT2D eigenvalue weighted by molar-refractivity contribution is 9.10. The molecule has 0 aliphatic carbocycles. The van der Waals surface area contributed by atoms with E-state index < -0.39 is 17.6 Å². The molecule has 0 bridgehead atoms. The summed E-state index contributed by atoms with van der Waals surface area (Å²) in [7, 11) is 0. The number of hydrogen-bond acceptors (Lipinski definition) is 6. The van der Waals surface area contributed by atoms with Crippen LogP contribution >= 0.6 is 15.9 Å². The molecular weight excluding hydrogens is 563 g/mol. The summed E-state index contributed by atoms with van der Waals surface area (Å²) >= 11 is 3.41. The van der Waals surface area contributed by atoms with Gasteiger partial charge in [0.1, 0.15) is 0 Å². The Morgan fingerprint density at radius 3 is 2.21 bits per heavy atom. The Morgan fingerprint density at radius 2 is 1.56 bits per heavy atom. The van der Waals surface area contributed by atoms with Crippen molar-refractivity contribution in [3.8, 4) is 11.1 Å². The van der Waals surface area contributed by atoms with Gasteiger partial charge in [-0.15, -0.1) is 0 Å². The number of unbranched alkanes of at least 4 members (excludes halogenated alkanes) is 2. The highest BCUT2D eigenvalue weighted by atomic mass is 79.9. The molecule has 208 valence electrons. The van der Waals surface area contributed by atoms with Crippen molar-refractivity contribution in [1.82, 2.24) is 5.32 Å². The van der Waals surface area contributed by atoms with Gasteiger partial charge in [0, 0.05) is 22.6 Å². The Morgan fingerprint density at radius 1 is 0.949 bits per heavy atom. The number of carbonyl (C=O) groups is 2. The van der Waals surface area contributed by atoms with Crippen LogP contribution in [0.2, 0.25) is 0 Å². The number of nitrogens with one attached hydrogen (secondary N) is 1.